The largest absolute Gasteiger partial charge is 0.466 e. The lowest BCUT2D eigenvalue weighted by Crippen LogP contribution is -2.22. The monoisotopic (exact) mass is 310 g/mol. The van der Waals surface area contributed by atoms with Crippen LogP contribution in [0.15, 0.2) is 47.4 Å². The maximum atomic E-state index is 5.62. The Morgan fingerprint density at radius 1 is 1.09 bits per heavy atom. The van der Waals surface area contributed by atoms with Crippen LogP contribution in [-0.4, -0.2) is 14.8 Å². The summed E-state index contributed by atoms with van der Waals surface area (Å²) in [4.78, 5) is 3.97. The molecule has 0 unspecified atom stereocenters. The van der Waals surface area contributed by atoms with Crippen LogP contribution in [0.25, 0.3) is 5.69 Å². The molecule has 5 nitrogen and oxygen atoms in total. The summed E-state index contributed by atoms with van der Waals surface area (Å²) in [7, 11) is 0. The summed E-state index contributed by atoms with van der Waals surface area (Å²) in [6.45, 7) is 8.33. The number of hydrogen-bond acceptors (Lipinski definition) is 4. The molecular formula is C18H22N4O. The average Bonchev–Trinajstić information content (AvgIpc) is 3.17. The summed E-state index contributed by atoms with van der Waals surface area (Å²) in [5.41, 5.74) is 3.46. The number of furan rings is 1. The molecule has 5 heteroatoms. The number of aromatic nitrogens is 3. The normalized spacial score (nSPS) is 13.9. The summed E-state index contributed by atoms with van der Waals surface area (Å²) >= 11 is 0. The first-order chi connectivity index (χ1) is 11.0. The third-order valence-electron chi connectivity index (χ3n) is 4.12. The zero-order valence-electron chi connectivity index (χ0n) is 13.9. The zero-order chi connectivity index (χ0) is 16.4. The van der Waals surface area contributed by atoms with E-state index in [1.54, 1.807) is 11.0 Å². The van der Waals surface area contributed by atoms with Crippen molar-refractivity contribution in [3.63, 3.8) is 0 Å². The molecule has 0 aliphatic heterocycles. The van der Waals surface area contributed by atoms with Crippen molar-refractivity contribution in [2.75, 3.05) is 0 Å². The highest BCUT2D eigenvalue weighted by Crippen LogP contribution is 2.24. The third kappa shape index (κ3) is 3.35. The van der Waals surface area contributed by atoms with Crippen molar-refractivity contribution < 1.29 is 4.42 Å². The number of hydrogen-bond donors (Lipinski definition) is 1. The van der Waals surface area contributed by atoms with Crippen molar-refractivity contribution >= 4 is 0 Å². The van der Waals surface area contributed by atoms with Crippen LogP contribution in [0.1, 0.15) is 48.6 Å². The van der Waals surface area contributed by atoms with E-state index in [0.29, 0.717) is 0 Å². The Kier molecular flexibility index (Phi) is 4.30. The molecule has 3 aromatic rings. The lowest BCUT2D eigenvalue weighted by atomic mass is 10.0. The molecule has 0 amide bonds. The van der Waals surface area contributed by atoms with Gasteiger partial charge in [-0.2, -0.15) is 5.10 Å². The van der Waals surface area contributed by atoms with Gasteiger partial charge in [-0.1, -0.05) is 12.1 Å². The minimum absolute atomic E-state index is 0.234. The molecule has 2 heterocycles. The summed E-state index contributed by atoms with van der Waals surface area (Å²) in [6.07, 6.45) is 3.23. The SMILES string of the molecule is Cc1cc([C@@H](C)N[C@@H](C)c2ccc(-n3cncn3)cc2)c(C)o1. The summed E-state index contributed by atoms with van der Waals surface area (Å²) in [5.74, 6) is 1.94. The number of nitrogens with zero attached hydrogens (tertiary/aromatic N) is 3. The van der Waals surface area contributed by atoms with Gasteiger partial charge < -0.3 is 9.73 Å². The highest BCUT2D eigenvalue weighted by molar-refractivity contribution is 5.34. The van der Waals surface area contributed by atoms with E-state index in [1.807, 2.05) is 13.8 Å². The van der Waals surface area contributed by atoms with Gasteiger partial charge in [0.25, 0.3) is 0 Å². The van der Waals surface area contributed by atoms with E-state index in [0.717, 1.165) is 17.2 Å². The van der Waals surface area contributed by atoms with Gasteiger partial charge in [-0.05, 0) is 51.5 Å². The van der Waals surface area contributed by atoms with Crippen LogP contribution in [0.4, 0.5) is 0 Å². The second kappa shape index (κ2) is 6.38. The minimum atomic E-state index is 0.234. The lowest BCUT2D eigenvalue weighted by molar-refractivity contribution is 0.469. The van der Waals surface area contributed by atoms with Crippen LogP contribution >= 0.6 is 0 Å². The molecule has 3 rings (SSSR count). The number of rotatable bonds is 5. The van der Waals surface area contributed by atoms with Crippen LogP contribution in [0.3, 0.4) is 0 Å². The van der Waals surface area contributed by atoms with E-state index < -0.39 is 0 Å². The third-order valence-corrected chi connectivity index (χ3v) is 4.12. The molecule has 0 fully saturated rings. The first kappa shape index (κ1) is 15.5. The van der Waals surface area contributed by atoms with Crippen molar-refractivity contribution in [3.05, 3.63) is 65.6 Å². The molecule has 1 N–H and O–H groups in total. The van der Waals surface area contributed by atoms with Crippen LogP contribution in [0.5, 0.6) is 0 Å². The van der Waals surface area contributed by atoms with Crippen LogP contribution in [0, 0.1) is 13.8 Å². The Balaban J connectivity index is 1.70. The van der Waals surface area contributed by atoms with Gasteiger partial charge in [0.1, 0.15) is 24.2 Å². The molecule has 0 saturated heterocycles. The van der Waals surface area contributed by atoms with E-state index in [-0.39, 0.29) is 12.1 Å². The zero-order valence-corrected chi connectivity index (χ0v) is 13.9. The van der Waals surface area contributed by atoms with Gasteiger partial charge in [0.05, 0.1) is 5.69 Å². The van der Waals surface area contributed by atoms with E-state index in [9.17, 15) is 0 Å². The van der Waals surface area contributed by atoms with Crippen molar-refractivity contribution in [3.8, 4) is 5.69 Å². The molecule has 1 aromatic carbocycles. The van der Waals surface area contributed by atoms with Gasteiger partial charge in [-0.25, -0.2) is 9.67 Å². The summed E-state index contributed by atoms with van der Waals surface area (Å²) in [6, 6.07) is 10.9. The standard InChI is InChI=1S/C18H22N4O/c1-12-9-18(15(4)23-12)14(3)21-13(2)16-5-7-17(8-6-16)22-11-19-10-20-22/h5-11,13-14,21H,1-4H3/t13-,14+/m0/s1. The molecule has 0 radical (unpaired) electrons. The highest BCUT2D eigenvalue weighted by Gasteiger charge is 2.15. The van der Waals surface area contributed by atoms with Gasteiger partial charge in [-0.3, -0.25) is 0 Å². The Hall–Kier alpha value is -2.40. The van der Waals surface area contributed by atoms with E-state index in [2.05, 4.69) is 59.6 Å². The number of benzene rings is 1. The molecule has 23 heavy (non-hydrogen) atoms. The fourth-order valence-corrected chi connectivity index (χ4v) is 2.90. The molecular weight excluding hydrogens is 288 g/mol. The Labute approximate surface area is 136 Å². The van der Waals surface area contributed by atoms with Gasteiger partial charge >= 0.3 is 0 Å². The Bertz CT molecular complexity index is 759. The van der Waals surface area contributed by atoms with E-state index in [1.165, 1.54) is 17.5 Å². The topological polar surface area (TPSA) is 55.9 Å². The van der Waals surface area contributed by atoms with Gasteiger partial charge in [0.15, 0.2) is 0 Å². The molecule has 0 aliphatic rings. The van der Waals surface area contributed by atoms with E-state index >= 15 is 0 Å². The molecule has 120 valence electrons. The molecule has 2 atom stereocenters. The molecule has 2 aromatic heterocycles. The smallest absolute Gasteiger partial charge is 0.138 e. The lowest BCUT2D eigenvalue weighted by Gasteiger charge is -2.20. The van der Waals surface area contributed by atoms with Crippen LogP contribution < -0.4 is 5.32 Å². The van der Waals surface area contributed by atoms with Gasteiger partial charge in [0, 0.05) is 17.6 Å². The predicted molar refractivity (Wildman–Crippen MR) is 89.5 cm³/mol. The summed E-state index contributed by atoms with van der Waals surface area (Å²) < 4.78 is 7.38. The maximum Gasteiger partial charge on any atom is 0.138 e. The number of nitrogens with one attached hydrogen (secondary N) is 1. The minimum Gasteiger partial charge on any atom is -0.466 e. The second-order valence-electron chi connectivity index (χ2n) is 5.91. The average molecular weight is 310 g/mol. The van der Waals surface area contributed by atoms with Gasteiger partial charge in [0.2, 0.25) is 0 Å². The summed E-state index contributed by atoms with van der Waals surface area (Å²) in [5, 5.41) is 7.77. The molecule has 0 saturated carbocycles. The second-order valence-corrected chi connectivity index (χ2v) is 5.91. The first-order valence-electron chi connectivity index (χ1n) is 7.82. The van der Waals surface area contributed by atoms with Crippen molar-refractivity contribution in [2.24, 2.45) is 0 Å². The van der Waals surface area contributed by atoms with Crippen LogP contribution in [0.2, 0.25) is 0 Å². The molecule has 0 aliphatic carbocycles. The maximum absolute atomic E-state index is 5.62. The van der Waals surface area contributed by atoms with Gasteiger partial charge in [-0.15, -0.1) is 0 Å². The van der Waals surface area contributed by atoms with Crippen LogP contribution in [-0.2, 0) is 0 Å². The molecule has 0 spiro atoms. The first-order valence-corrected chi connectivity index (χ1v) is 7.82. The Morgan fingerprint density at radius 3 is 2.39 bits per heavy atom. The fraction of sp³-hybridized carbons (Fsp3) is 0.333. The fourth-order valence-electron chi connectivity index (χ4n) is 2.90. The van der Waals surface area contributed by atoms with Crippen molar-refractivity contribution in [1.82, 2.24) is 20.1 Å². The number of aryl methyl sites for hydroxylation is 2. The quantitative estimate of drug-likeness (QED) is 0.777. The van der Waals surface area contributed by atoms with Crippen molar-refractivity contribution in [1.29, 1.82) is 0 Å². The molecule has 0 bridgehead atoms. The Morgan fingerprint density at radius 2 is 1.83 bits per heavy atom. The van der Waals surface area contributed by atoms with Crippen molar-refractivity contribution in [2.45, 2.75) is 39.8 Å². The predicted octanol–water partition coefficient (Wildman–Crippen LogP) is 3.89. The van der Waals surface area contributed by atoms with E-state index in [4.69, 9.17) is 4.42 Å². The highest BCUT2D eigenvalue weighted by atomic mass is 16.3.